The molecule has 8 heteroatoms. The molecule has 2 aliphatic heterocycles. The van der Waals surface area contributed by atoms with Gasteiger partial charge in [0.15, 0.2) is 5.13 Å². The lowest BCUT2D eigenvalue weighted by Crippen LogP contribution is -2.45. The number of thiazole rings is 1. The van der Waals surface area contributed by atoms with Crippen molar-refractivity contribution in [3.8, 4) is 11.1 Å². The number of rotatable bonds is 8. The third-order valence-corrected chi connectivity index (χ3v) is 7.50. The summed E-state index contributed by atoms with van der Waals surface area (Å²) in [6, 6.07) is 13.6. The fraction of sp³-hybridized carbons (Fsp3) is 0.233. The zero-order chi connectivity index (χ0) is 26.5. The van der Waals surface area contributed by atoms with Gasteiger partial charge in [0.05, 0.1) is 0 Å². The first-order valence-corrected chi connectivity index (χ1v) is 13.6. The lowest BCUT2D eigenvalue weighted by molar-refractivity contribution is -0.119. The molecule has 194 valence electrons. The van der Waals surface area contributed by atoms with Crippen molar-refractivity contribution < 1.29 is 9.59 Å². The number of amides is 2. The Labute approximate surface area is 227 Å². The number of carbonyl (C=O) groups excluding carboxylic acids is 2. The standard InChI is InChI=1S/C30H31N5O2S/c1-3-4-5-6-21(2)27(28(36)33-30-32-15-18-38-30)35-20-24-8-7-23(19-26(24)29(35)37)22-9-11-25(12-10-22)34-16-13-31-14-17-34/h3-12,15,18-19,27,31H,2,13-14,16-17,20H2,1H3,(H,32,33,36)/b4-3-,6-5-/t27-/m0/s1. The van der Waals surface area contributed by atoms with Gasteiger partial charge in [-0.05, 0) is 47.4 Å². The number of aromatic nitrogens is 1. The molecular formula is C30H31N5O2S. The van der Waals surface area contributed by atoms with Gasteiger partial charge in [0.1, 0.15) is 6.04 Å². The fourth-order valence-electron chi connectivity index (χ4n) is 4.85. The average Bonchev–Trinajstić information content (AvgIpc) is 3.57. The van der Waals surface area contributed by atoms with Crippen molar-refractivity contribution in [3.05, 3.63) is 102 Å². The second-order valence-corrected chi connectivity index (χ2v) is 10.2. The van der Waals surface area contributed by atoms with E-state index in [0.717, 1.165) is 42.9 Å². The molecule has 0 unspecified atom stereocenters. The Hall–Kier alpha value is -4.01. The second kappa shape index (κ2) is 11.6. The largest absolute Gasteiger partial charge is 0.369 e. The number of piperazine rings is 1. The summed E-state index contributed by atoms with van der Waals surface area (Å²) >= 11 is 1.33. The van der Waals surface area contributed by atoms with Crippen LogP contribution in [0.3, 0.4) is 0 Å². The molecule has 38 heavy (non-hydrogen) atoms. The maximum absolute atomic E-state index is 13.7. The Morgan fingerprint density at radius 1 is 1.13 bits per heavy atom. The van der Waals surface area contributed by atoms with E-state index in [1.54, 1.807) is 22.6 Å². The SMILES string of the molecule is C=C(/C=C\C=C/C)[C@@H](C(=O)Nc1nccs1)N1Cc2ccc(-c3ccc(N4CCNCC4)cc3)cc2C1=O. The van der Waals surface area contributed by atoms with Crippen LogP contribution in [0.5, 0.6) is 0 Å². The molecule has 0 bridgehead atoms. The first kappa shape index (κ1) is 25.6. The molecule has 3 heterocycles. The number of nitrogens with zero attached hydrogens (tertiary/aromatic N) is 3. The third-order valence-electron chi connectivity index (χ3n) is 6.81. The molecule has 0 spiro atoms. The van der Waals surface area contributed by atoms with Crippen molar-refractivity contribution in [2.24, 2.45) is 0 Å². The van der Waals surface area contributed by atoms with Crippen molar-refractivity contribution in [1.29, 1.82) is 0 Å². The highest BCUT2D eigenvalue weighted by atomic mass is 32.1. The first-order valence-electron chi connectivity index (χ1n) is 12.7. The lowest BCUT2D eigenvalue weighted by Gasteiger charge is -2.29. The summed E-state index contributed by atoms with van der Waals surface area (Å²) in [7, 11) is 0. The van der Waals surface area contributed by atoms with Gasteiger partial charge in [0, 0.05) is 55.6 Å². The predicted molar refractivity (Wildman–Crippen MR) is 154 cm³/mol. The monoisotopic (exact) mass is 525 g/mol. The summed E-state index contributed by atoms with van der Waals surface area (Å²) in [5.74, 6) is -0.515. The first-order chi connectivity index (χ1) is 18.5. The zero-order valence-corrected chi connectivity index (χ0v) is 22.2. The minimum Gasteiger partial charge on any atom is -0.369 e. The molecule has 0 saturated carbocycles. The molecule has 2 aliphatic rings. The van der Waals surface area contributed by atoms with Crippen LogP contribution in [0.4, 0.5) is 10.8 Å². The Bertz CT molecular complexity index is 1370. The lowest BCUT2D eigenvalue weighted by atomic mass is 10.00. The van der Waals surface area contributed by atoms with Crippen molar-refractivity contribution in [3.63, 3.8) is 0 Å². The molecule has 7 nitrogen and oxygen atoms in total. The van der Waals surface area contributed by atoms with Gasteiger partial charge in [-0.15, -0.1) is 11.3 Å². The number of hydrogen-bond acceptors (Lipinski definition) is 6. The molecule has 1 aromatic heterocycles. The van der Waals surface area contributed by atoms with Crippen LogP contribution in [0.2, 0.25) is 0 Å². The van der Waals surface area contributed by atoms with Crippen molar-refractivity contribution in [2.75, 3.05) is 36.4 Å². The van der Waals surface area contributed by atoms with Crippen LogP contribution in [-0.4, -0.2) is 53.9 Å². The maximum atomic E-state index is 13.7. The van der Waals surface area contributed by atoms with Gasteiger partial charge >= 0.3 is 0 Å². The Kier molecular flexibility index (Phi) is 7.81. The molecular weight excluding hydrogens is 494 g/mol. The highest BCUT2D eigenvalue weighted by Crippen LogP contribution is 2.32. The third kappa shape index (κ3) is 5.46. The van der Waals surface area contributed by atoms with Gasteiger partial charge in [0.2, 0.25) is 0 Å². The van der Waals surface area contributed by atoms with Gasteiger partial charge < -0.3 is 15.1 Å². The van der Waals surface area contributed by atoms with Crippen molar-refractivity contribution in [2.45, 2.75) is 19.5 Å². The van der Waals surface area contributed by atoms with Crippen LogP contribution in [0.1, 0.15) is 22.8 Å². The summed E-state index contributed by atoms with van der Waals surface area (Å²) in [5.41, 5.74) is 5.27. The van der Waals surface area contributed by atoms with E-state index < -0.39 is 6.04 Å². The molecule has 0 aliphatic carbocycles. The normalized spacial score (nSPS) is 16.3. The van der Waals surface area contributed by atoms with E-state index in [0.29, 0.717) is 22.8 Å². The molecule has 1 atom stereocenters. The second-order valence-electron chi connectivity index (χ2n) is 9.28. The number of nitrogens with one attached hydrogen (secondary N) is 2. The van der Waals surface area contributed by atoms with Gasteiger partial charge in [-0.3, -0.25) is 14.9 Å². The minimum atomic E-state index is -0.859. The smallest absolute Gasteiger partial charge is 0.255 e. The Balaban J connectivity index is 1.38. The minimum absolute atomic E-state index is 0.181. The maximum Gasteiger partial charge on any atom is 0.255 e. The van der Waals surface area contributed by atoms with Crippen LogP contribution < -0.4 is 15.5 Å². The summed E-state index contributed by atoms with van der Waals surface area (Å²) in [6.45, 7) is 10.4. The summed E-state index contributed by atoms with van der Waals surface area (Å²) in [6.07, 6.45) is 8.98. The van der Waals surface area contributed by atoms with E-state index in [4.69, 9.17) is 0 Å². The summed E-state index contributed by atoms with van der Waals surface area (Å²) in [4.78, 5) is 35.1. The average molecular weight is 526 g/mol. The zero-order valence-electron chi connectivity index (χ0n) is 21.4. The van der Waals surface area contributed by atoms with Crippen LogP contribution in [0.25, 0.3) is 11.1 Å². The van der Waals surface area contributed by atoms with Gasteiger partial charge in [0.25, 0.3) is 11.8 Å². The number of allylic oxidation sites excluding steroid dienone is 3. The highest BCUT2D eigenvalue weighted by Gasteiger charge is 2.37. The van der Waals surface area contributed by atoms with Gasteiger partial charge in [-0.25, -0.2) is 4.98 Å². The van der Waals surface area contributed by atoms with Crippen molar-refractivity contribution in [1.82, 2.24) is 15.2 Å². The molecule has 3 aromatic rings. The Morgan fingerprint density at radius 3 is 2.61 bits per heavy atom. The fourth-order valence-corrected chi connectivity index (χ4v) is 5.38. The molecule has 1 fully saturated rings. The van der Waals surface area contributed by atoms with E-state index in [9.17, 15) is 9.59 Å². The molecule has 2 aromatic carbocycles. The molecule has 0 radical (unpaired) electrons. The van der Waals surface area contributed by atoms with Gasteiger partial charge in [-0.2, -0.15) is 0 Å². The van der Waals surface area contributed by atoms with E-state index in [-0.39, 0.29) is 11.8 Å². The molecule has 2 N–H and O–H groups in total. The number of hydrogen-bond donors (Lipinski definition) is 2. The number of benzene rings is 2. The molecule has 2 amide bonds. The highest BCUT2D eigenvalue weighted by molar-refractivity contribution is 7.13. The van der Waals surface area contributed by atoms with E-state index in [2.05, 4.69) is 51.4 Å². The predicted octanol–water partition coefficient (Wildman–Crippen LogP) is 4.87. The van der Waals surface area contributed by atoms with Crippen LogP contribution in [-0.2, 0) is 11.3 Å². The molecule has 5 rings (SSSR count). The number of carbonyl (C=O) groups is 2. The van der Waals surface area contributed by atoms with Crippen LogP contribution in [0, 0.1) is 0 Å². The van der Waals surface area contributed by atoms with E-state index in [1.807, 2.05) is 43.4 Å². The number of anilines is 2. The summed E-state index contributed by atoms with van der Waals surface area (Å²) < 4.78 is 0. The quantitative estimate of drug-likeness (QED) is 0.410. The number of fused-ring (bicyclic) bond motifs is 1. The van der Waals surface area contributed by atoms with Crippen LogP contribution >= 0.6 is 11.3 Å². The van der Waals surface area contributed by atoms with Crippen LogP contribution in [0.15, 0.2) is 90.5 Å². The Morgan fingerprint density at radius 2 is 1.89 bits per heavy atom. The van der Waals surface area contributed by atoms with Crippen molar-refractivity contribution >= 4 is 34.0 Å². The topological polar surface area (TPSA) is 77.6 Å². The van der Waals surface area contributed by atoms with E-state index in [1.165, 1.54) is 17.0 Å². The summed E-state index contributed by atoms with van der Waals surface area (Å²) in [5, 5.41) is 8.50. The van der Waals surface area contributed by atoms with Gasteiger partial charge in [-0.1, -0.05) is 55.1 Å². The van der Waals surface area contributed by atoms with E-state index >= 15 is 0 Å². The molecule has 1 saturated heterocycles.